The van der Waals surface area contributed by atoms with E-state index >= 15 is 0 Å². The highest BCUT2D eigenvalue weighted by Gasteiger charge is 2.13. The molecule has 0 radical (unpaired) electrons. The van der Waals surface area contributed by atoms with Gasteiger partial charge in [0.05, 0.1) is 18.6 Å². The third-order valence-electron chi connectivity index (χ3n) is 3.33. The van der Waals surface area contributed by atoms with Crippen molar-refractivity contribution in [2.24, 2.45) is 0 Å². The molecule has 1 heterocycles. The van der Waals surface area contributed by atoms with Crippen molar-refractivity contribution < 1.29 is 0 Å². The van der Waals surface area contributed by atoms with Gasteiger partial charge in [-0.1, -0.05) is 45.0 Å². The standard InChI is InChI=1S/C16H19BrN2O/c1-11-14(17)15(20)19(10-18-11)9-12-5-7-13(8-6-12)16(2,3)4/h5-8,10H,9H2,1-4H3. The molecule has 0 fully saturated rings. The van der Waals surface area contributed by atoms with Crippen LogP contribution >= 0.6 is 15.9 Å². The van der Waals surface area contributed by atoms with Crippen molar-refractivity contribution >= 4 is 15.9 Å². The Hall–Kier alpha value is -1.42. The van der Waals surface area contributed by atoms with E-state index in [1.807, 2.05) is 6.92 Å². The molecule has 20 heavy (non-hydrogen) atoms. The maximum absolute atomic E-state index is 12.1. The second-order valence-electron chi connectivity index (χ2n) is 6.02. The Kier molecular flexibility index (Phi) is 4.14. The van der Waals surface area contributed by atoms with Crippen molar-refractivity contribution in [3.63, 3.8) is 0 Å². The Morgan fingerprint density at radius 1 is 1.20 bits per heavy atom. The van der Waals surface area contributed by atoms with Crippen molar-refractivity contribution in [3.8, 4) is 0 Å². The minimum atomic E-state index is -0.0441. The average Bonchev–Trinajstić information content (AvgIpc) is 2.39. The van der Waals surface area contributed by atoms with Crippen LogP contribution in [0.4, 0.5) is 0 Å². The minimum absolute atomic E-state index is 0.0441. The van der Waals surface area contributed by atoms with Gasteiger partial charge in [0.2, 0.25) is 0 Å². The van der Waals surface area contributed by atoms with E-state index in [-0.39, 0.29) is 11.0 Å². The van der Waals surface area contributed by atoms with Crippen molar-refractivity contribution in [1.82, 2.24) is 9.55 Å². The average molecular weight is 335 g/mol. The fourth-order valence-electron chi connectivity index (χ4n) is 1.97. The van der Waals surface area contributed by atoms with Crippen LogP contribution < -0.4 is 5.56 Å². The van der Waals surface area contributed by atoms with E-state index in [9.17, 15) is 4.79 Å². The Morgan fingerprint density at radius 3 is 2.35 bits per heavy atom. The number of aromatic nitrogens is 2. The van der Waals surface area contributed by atoms with Gasteiger partial charge in [-0.3, -0.25) is 9.36 Å². The topological polar surface area (TPSA) is 34.9 Å². The summed E-state index contributed by atoms with van der Waals surface area (Å²) < 4.78 is 2.15. The van der Waals surface area contributed by atoms with Gasteiger partial charge in [0.25, 0.3) is 5.56 Å². The number of nitrogens with zero attached hydrogens (tertiary/aromatic N) is 2. The lowest BCUT2D eigenvalue weighted by atomic mass is 9.87. The lowest BCUT2D eigenvalue weighted by molar-refractivity contribution is 0.589. The van der Waals surface area contributed by atoms with Gasteiger partial charge >= 0.3 is 0 Å². The monoisotopic (exact) mass is 334 g/mol. The molecule has 1 aromatic carbocycles. The maximum atomic E-state index is 12.1. The largest absolute Gasteiger partial charge is 0.294 e. The smallest absolute Gasteiger partial charge is 0.268 e. The van der Waals surface area contributed by atoms with E-state index in [1.165, 1.54) is 5.56 Å². The first-order valence-electron chi connectivity index (χ1n) is 6.60. The molecular weight excluding hydrogens is 316 g/mol. The third-order valence-corrected chi connectivity index (χ3v) is 4.24. The van der Waals surface area contributed by atoms with Crippen LogP contribution in [0, 0.1) is 6.92 Å². The Balaban J connectivity index is 2.28. The van der Waals surface area contributed by atoms with Crippen molar-refractivity contribution in [3.05, 3.63) is 62.2 Å². The molecule has 0 amide bonds. The van der Waals surface area contributed by atoms with Gasteiger partial charge in [0.15, 0.2) is 0 Å². The van der Waals surface area contributed by atoms with Crippen molar-refractivity contribution in [2.75, 3.05) is 0 Å². The molecule has 2 rings (SSSR count). The SMILES string of the molecule is Cc1ncn(Cc2ccc(C(C)(C)C)cc2)c(=O)c1Br. The predicted octanol–water partition coefficient (Wildman–Crippen LogP) is 3.66. The fourth-order valence-corrected chi connectivity index (χ4v) is 2.30. The second-order valence-corrected chi connectivity index (χ2v) is 6.82. The van der Waals surface area contributed by atoms with Crippen LogP contribution in [0.2, 0.25) is 0 Å². The second kappa shape index (κ2) is 5.52. The summed E-state index contributed by atoms with van der Waals surface area (Å²) in [6.45, 7) is 8.91. The highest BCUT2D eigenvalue weighted by atomic mass is 79.9. The maximum Gasteiger partial charge on any atom is 0.268 e. The molecule has 0 aliphatic heterocycles. The van der Waals surface area contributed by atoms with Crippen LogP contribution in [0.5, 0.6) is 0 Å². The highest BCUT2D eigenvalue weighted by molar-refractivity contribution is 9.10. The molecule has 0 bridgehead atoms. The number of hydrogen-bond donors (Lipinski definition) is 0. The van der Waals surface area contributed by atoms with Gasteiger partial charge in [-0.05, 0) is 39.4 Å². The number of hydrogen-bond acceptors (Lipinski definition) is 2. The zero-order valence-corrected chi connectivity index (χ0v) is 13.9. The van der Waals surface area contributed by atoms with Crippen molar-refractivity contribution in [1.29, 1.82) is 0 Å². The number of halogens is 1. The summed E-state index contributed by atoms with van der Waals surface area (Å²) in [6, 6.07) is 8.38. The molecule has 2 aromatic rings. The summed E-state index contributed by atoms with van der Waals surface area (Å²) in [4.78, 5) is 16.3. The number of rotatable bonds is 2. The zero-order valence-electron chi connectivity index (χ0n) is 12.3. The molecule has 0 saturated carbocycles. The van der Waals surface area contributed by atoms with Crippen molar-refractivity contribution in [2.45, 2.75) is 39.7 Å². The quantitative estimate of drug-likeness (QED) is 0.839. The lowest BCUT2D eigenvalue weighted by Crippen LogP contribution is -2.22. The Bertz CT molecular complexity index is 666. The predicted molar refractivity (Wildman–Crippen MR) is 85.2 cm³/mol. The zero-order chi connectivity index (χ0) is 14.9. The molecule has 106 valence electrons. The van der Waals surface area contributed by atoms with Crippen LogP contribution in [0.3, 0.4) is 0 Å². The van der Waals surface area contributed by atoms with E-state index in [0.29, 0.717) is 16.7 Å². The first-order valence-corrected chi connectivity index (χ1v) is 7.39. The third kappa shape index (κ3) is 3.18. The van der Waals surface area contributed by atoms with Gasteiger partial charge in [-0.15, -0.1) is 0 Å². The molecule has 3 nitrogen and oxygen atoms in total. The van der Waals surface area contributed by atoms with E-state index in [4.69, 9.17) is 0 Å². The molecule has 0 aliphatic rings. The lowest BCUT2D eigenvalue weighted by Gasteiger charge is -2.19. The van der Waals surface area contributed by atoms with Gasteiger partial charge in [-0.2, -0.15) is 0 Å². The van der Waals surface area contributed by atoms with E-state index in [2.05, 4.69) is 66.0 Å². The molecule has 0 saturated heterocycles. The van der Waals surface area contributed by atoms with Gasteiger partial charge in [0, 0.05) is 0 Å². The van der Waals surface area contributed by atoms with Gasteiger partial charge in [0.1, 0.15) is 4.47 Å². The number of aryl methyl sites for hydroxylation is 1. The summed E-state index contributed by atoms with van der Waals surface area (Å²) in [5, 5.41) is 0. The molecule has 0 N–H and O–H groups in total. The van der Waals surface area contributed by atoms with Crippen LogP contribution in [0.25, 0.3) is 0 Å². The minimum Gasteiger partial charge on any atom is -0.294 e. The van der Waals surface area contributed by atoms with E-state index in [1.54, 1.807) is 10.9 Å². The first-order chi connectivity index (χ1) is 9.29. The summed E-state index contributed by atoms with van der Waals surface area (Å²) in [6.07, 6.45) is 1.60. The molecule has 1 aromatic heterocycles. The van der Waals surface area contributed by atoms with E-state index in [0.717, 1.165) is 5.56 Å². The summed E-state index contributed by atoms with van der Waals surface area (Å²) in [5.74, 6) is 0. The van der Waals surface area contributed by atoms with Gasteiger partial charge < -0.3 is 0 Å². The molecule has 0 aliphatic carbocycles. The summed E-state index contributed by atoms with van der Waals surface area (Å²) in [5.41, 5.74) is 3.20. The molecule has 0 spiro atoms. The van der Waals surface area contributed by atoms with E-state index < -0.39 is 0 Å². The Labute approximate surface area is 127 Å². The fraction of sp³-hybridized carbons (Fsp3) is 0.375. The van der Waals surface area contributed by atoms with Crippen LogP contribution in [0.1, 0.15) is 37.6 Å². The molecular formula is C16H19BrN2O. The normalized spacial score (nSPS) is 11.7. The van der Waals surface area contributed by atoms with Gasteiger partial charge in [-0.25, -0.2) is 4.98 Å². The highest BCUT2D eigenvalue weighted by Crippen LogP contribution is 2.22. The summed E-state index contributed by atoms with van der Waals surface area (Å²) in [7, 11) is 0. The van der Waals surface area contributed by atoms with Crippen LogP contribution in [0.15, 0.2) is 39.9 Å². The Morgan fingerprint density at radius 2 is 1.80 bits per heavy atom. The molecule has 0 unspecified atom stereocenters. The number of benzene rings is 1. The molecule has 4 heteroatoms. The first kappa shape index (κ1) is 15.0. The van der Waals surface area contributed by atoms with Crippen LogP contribution in [-0.2, 0) is 12.0 Å². The molecule has 0 atom stereocenters. The van der Waals surface area contributed by atoms with Crippen LogP contribution in [-0.4, -0.2) is 9.55 Å². The summed E-state index contributed by atoms with van der Waals surface area (Å²) >= 11 is 3.29.